The minimum Gasteiger partial charge on any atom is -0.376 e. The summed E-state index contributed by atoms with van der Waals surface area (Å²) in [6.45, 7) is 5.99. The van der Waals surface area contributed by atoms with Gasteiger partial charge in [0.25, 0.3) is 10.0 Å². The zero-order valence-corrected chi connectivity index (χ0v) is 17.9. The van der Waals surface area contributed by atoms with Gasteiger partial charge in [-0.15, -0.1) is 5.10 Å². The van der Waals surface area contributed by atoms with Crippen molar-refractivity contribution in [2.75, 3.05) is 29.0 Å². The molecule has 154 valence electrons. The minimum atomic E-state index is -3.73. The van der Waals surface area contributed by atoms with Crippen molar-refractivity contribution in [2.45, 2.75) is 32.2 Å². The van der Waals surface area contributed by atoms with Crippen LogP contribution < -0.4 is 14.9 Å². The Morgan fingerprint density at radius 1 is 1.10 bits per heavy atom. The van der Waals surface area contributed by atoms with Gasteiger partial charge in [0, 0.05) is 38.1 Å². The van der Waals surface area contributed by atoms with Gasteiger partial charge in [-0.3, -0.25) is 9.40 Å². The number of aromatic nitrogens is 4. The molecule has 0 aliphatic heterocycles. The zero-order valence-electron chi connectivity index (χ0n) is 17.1. The molecular weight excluding hydrogens is 390 g/mol. The van der Waals surface area contributed by atoms with Crippen LogP contribution in [0.1, 0.15) is 18.3 Å². The van der Waals surface area contributed by atoms with Crippen LogP contribution in [0.15, 0.2) is 41.4 Å². The number of benzene rings is 1. The van der Waals surface area contributed by atoms with Crippen molar-refractivity contribution in [1.82, 2.24) is 20.0 Å². The lowest BCUT2D eigenvalue weighted by molar-refractivity contribution is 0.598. The smallest absolute Gasteiger partial charge is 0.265 e. The summed E-state index contributed by atoms with van der Waals surface area (Å²) < 4.78 is 30.0. The lowest BCUT2D eigenvalue weighted by Crippen LogP contribution is -2.15. The number of rotatable bonds is 7. The molecular formula is C19H25N7O2S. The molecule has 2 heterocycles. The van der Waals surface area contributed by atoms with E-state index in [1.807, 2.05) is 32.0 Å². The molecule has 29 heavy (non-hydrogen) atoms. The second kappa shape index (κ2) is 8.08. The van der Waals surface area contributed by atoms with Gasteiger partial charge in [-0.05, 0) is 45.0 Å². The molecule has 0 bridgehead atoms. The van der Waals surface area contributed by atoms with Gasteiger partial charge < -0.3 is 10.2 Å². The molecule has 2 aromatic heterocycles. The van der Waals surface area contributed by atoms with Gasteiger partial charge in [0.05, 0.1) is 23.3 Å². The van der Waals surface area contributed by atoms with E-state index < -0.39 is 10.0 Å². The maximum absolute atomic E-state index is 12.8. The normalized spacial score (nSPS) is 11.3. The van der Waals surface area contributed by atoms with Gasteiger partial charge in [-0.1, -0.05) is 0 Å². The maximum Gasteiger partial charge on any atom is 0.265 e. The maximum atomic E-state index is 12.8. The molecule has 0 saturated heterocycles. The quantitative estimate of drug-likeness (QED) is 0.611. The highest BCUT2D eigenvalue weighted by atomic mass is 32.2. The molecule has 0 aliphatic rings. The van der Waals surface area contributed by atoms with Crippen LogP contribution in [-0.4, -0.2) is 42.5 Å². The first-order valence-corrected chi connectivity index (χ1v) is 10.6. The van der Waals surface area contributed by atoms with Gasteiger partial charge in [-0.25, -0.2) is 8.42 Å². The molecule has 0 radical (unpaired) electrons. The molecule has 0 spiro atoms. The summed E-state index contributed by atoms with van der Waals surface area (Å²) >= 11 is 0. The van der Waals surface area contributed by atoms with Gasteiger partial charge >= 0.3 is 0 Å². The molecule has 0 fully saturated rings. The number of sulfonamides is 1. The van der Waals surface area contributed by atoms with Crippen molar-refractivity contribution in [3.63, 3.8) is 0 Å². The topological polar surface area (TPSA) is 105 Å². The van der Waals surface area contributed by atoms with Gasteiger partial charge in [0.15, 0.2) is 5.82 Å². The first-order valence-electron chi connectivity index (χ1n) is 9.15. The molecule has 9 nitrogen and oxygen atoms in total. The minimum absolute atomic E-state index is 0.220. The second-order valence-corrected chi connectivity index (χ2v) is 8.44. The second-order valence-electron chi connectivity index (χ2n) is 6.82. The Kier molecular flexibility index (Phi) is 5.73. The summed E-state index contributed by atoms with van der Waals surface area (Å²) in [5.41, 5.74) is 3.26. The largest absolute Gasteiger partial charge is 0.376 e. The number of anilines is 4. The van der Waals surface area contributed by atoms with Crippen molar-refractivity contribution in [2.24, 2.45) is 0 Å². The van der Waals surface area contributed by atoms with Crippen LogP contribution in [0.4, 0.5) is 22.9 Å². The van der Waals surface area contributed by atoms with E-state index in [-0.39, 0.29) is 4.90 Å². The summed E-state index contributed by atoms with van der Waals surface area (Å²) in [7, 11) is 0.119. The summed E-state index contributed by atoms with van der Waals surface area (Å²) in [5.74, 6) is 0.600. The molecule has 0 saturated carbocycles. The number of nitrogens with one attached hydrogen (secondary N) is 2. The van der Waals surface area contributed by atoms with E-state index in [1.54, 1.807) is 49.0 Å². The van der Waals surface area contributed by atoms with Crippen LogP contribution >= 0.6 is 0 Å². The predicted octanol–water partition coefficient (Wildman–Crippen LogP) is 2.92. The van der Waals surface area contributed by atoms with E-state index >= 15 is 0 Å². The third kappa shape index (κ3) is 4.48. The van der Waals surface area contributed by atoms with Crippen molar-refractivity contribution < 1.29 is 8.42 Å². The molecule has 3 rings (SSSR count). The highest BCUT2D eigenvalue weighted by Crippen LogP contribution is 2.24. The standard InChI is InChI=1S/C19H25N7O2S/c1-6-26-14(3)19(13(2)23-26)29(27,28)24-16-9-7-15(8-10-16)21-18-11-17(25(4)5)12-20-22-18/h7-12,24H,6H2,1-5H3,(H,21,22). The van der Waals surface area contributed by atoms with Crippen molar-refractivity contribution in [3.8, 4) is 0 Å². The van der Waals surface area contributed by atoms with Crippen LogP contribution in [0, 0.1) is 13.8 Å². The van der Waals surface area contributed by atoms with Gasteiger partial charge in [0.2, 0.25) is 0 Å². The van der Waals surface area contributed by atoms with E-state index in [2.05, 4.69) is 25.3 Å². The van der Waals surface area contributed by atoms with Crippen LogP contribution in [0.3, 0.4) is 0 Å². The van der Waals surface area contributed by atoms with E-state index in [1.165, 1.54) is 0 Å². The highest BCUT2D eigenvalue weighted by Gasteiger charge is 2.24. The third-order valence-electron chi connectivity index (χ3n) is 4.45. The van der Waals surface area contributed by atoms with Gasteiger partial charge in [-0.2, -0.15) is 10.2 Å². The van der Waals surface area contributed by atoms with Crippen LogP contribution in [0.2, 0.25) is 0 Å². The van der Waals surface area contributed by atoms with E-state index in [0.29, 0.717) is 29.4 Å². The fourth-order valence-electron chi connectivity index (χ4n) is 3.02. The molecule has 0 atom stereocenters. The monoisotopic (exact) mass is 415 g/mol. The lowest BCUT2D eigenvalue weighted by atomic mass is 10.3. The molecule has 2 N–H and O–H groups in total. The number of nitrogens with zero attached hydrogens (tertiary/aromatic N) is 5. The SMILES string of the molecule is CCn1nc(C)c(S(=O)(=O)Nc2ccc(Nc3cc(N(C)C)cnn3)cc2)c1C. The Hall–Kier alpha value is -3.14. The number of hydrogen-bond acceptors (Lipinski definition) is 7. The Labute approximate surface area is 170 Å². The summed E-state index contributed by atoms with van der Waals surface area (Å²) in [6.07, 6.45) is 1.67. The van der Waals surface area contributed by atoms with Crippen molar-refractivity contribution in [3.05, 3.63) is 47.9 Å². The van der Waals surface area contributed by atoms with E-state index in [0.717, 1.165) is 11.4 Å². The average Bonchev–Trinajstić information content (AvgIpc) is 2.97. The first-order chi connectivity index (χ1) is 13.7. The van der Waals surface area contributed by atoms with Crippen molar-refractivity contribution >= 4 is 32.9 Å². The Morgan fingerprint density at radius 3 is 2.34 bits per heavy atom. The molecule has 1 aromatic carbocycles. The third-order valence-corrected chi connectivity index (χ3v) is 6.08. The number of hydrogen-bond donors (Lipinski definition) is 2. The summed E-state index contributed by atoms with van der Waals surface area (Å²) in [5, 5.41) is 15.5. The lowest BCUT2D eigenvalue weighted by Gasteiger charge is -2.13. The molecule has 0 amide bonds. The average molecular weight is 416 g/mol. The Balaban J connectivity index is 1.77. The summed E-state index contributed by atoms with van der Waals surface area (Å²) in [4.78, 5) is 2.15. The van der Waals surface area contributed by atoms with Gasteiger partial charge in [0.1, 0.15) is 4.90 Å². The predicted molar refractivity (Wildman–Crippen MR) is 114 cm³/mol. The summed E-state index contributed by atoms with van der Waals surface area (Å²) in [6, 6.07) is 8.81. The van der Waals surface area contributed by atoms with Crippen LogP contribution in [0.25, 0.3) is 0 Å². The number of aryl methyl sites for hydroxylation is 2. The fourth-order valence-corrected chi connectivity index (χ4v) is 4.49. The molecule has 0 unspecified atom stereocenters. The van der Waals surface area contributed by atoms with Crippen molar-refractivity contribution in [1.29, 1.82) is 0 Å². The molecule has 0 aliphatic carbocycles. The van der Waals surface area contributed by atoms with Crippen LogP contribution in [0.5, 0.6) is 0 Å². The Morgan fingerprint density at radius 2 is 1.76 bits per heavy atom. The zero-order chi connectivity index (χ0) is 21.2. The van der Waals surface area contributed by atoms with Crippen LogP contribution in [-0.2, 0) is 16.6 Å². The molecule has 10 heteroatoms. The highest BCUT2D eigenvalue weighted by molar-refractivity contribution is 7.92. The van der Waals surface area contributed by atoms with E-state index in [9.17, 15) is 8.42 Å². The first kappa shape index (κ1) is 20.6. The molecule has 3 aromatic rings. The Bertz CT molecular complexity index is 1110. The van der Waals surface area contributed by atoms with E-state index in [4.69, 9.17) is 0 Å². The fraction of sp³-hybridized carbons (Fsp3) is 0.316.